The van der Waals surface area contributed by atoms with Gasteiger partial charge in [-0.1, -0.05) is 29.8 Å². The van der Waals surface area contributed by atoms with Crippen molar-refractivity contribution in [3.8, 4) is 0 Å². The molecule has 3 atom stereocenters. The summed E-state index contributed by atoms with van der Waals surface area (Å²) in [7, 11) is 0. The largest absolute Gasteiger partial charge is 0.455 e. The van der Waals surface area contributed by atoms with E-state index in [0.717, 1.165) is 23.4 Å². The van der Waals surface area contributed by atoms with E-state index in [1.54, 1.807) is 20.8 Å². The van der Waals surface area contributed by atoms with Gasteiger partial charge in [-0.25, -0.2) is 9.59 Å². The fourth-order valence-electron chi connectivity index (χ4n) is 4.37. The zero-order chi connectivity index (χ0) is 22.2. The maximum atomic E-state index is 12.9. The quantitative estimate of drug-likeness (QED) is 0.652. The molecule has 4 rings (SSSR count). The van der Waals surface area contributed by atoms with Gasteiger partial charge in [0.05, 0.1) is 12.7 Å². The summed E-state index contributed by atoms with van der Waals surface area (Å²) in [5.74, 6) is 0.304. The lowest BCUT2D eigenvalue weighted by Crippen LogP contribution is -2.34. The molecule has 2 aliphatic rings. The number of rotatable bonds is 4. The van der Waals surface area contributed by atoms with Gasteiger partial charge in [0.25, 0.3) is 0 Å². The fourth-order valence-corrected chi connectivity index (χ4v) is 4.56. The maximum absolute atomic E-state index is 12.9. The van der Waals surface area contributed by atoms with Crippen LogP contribution in [0.3, 0.4) is 0 Å². The first kappa shape index (κ1) is 21.8. The Balaban J connectivity index is 1.29. The van der Waals surface area contributed by atoms with Crippen molar-refractivity contribution >= 4 is 23.6 Å². The van der Waals surface area contributed by atoms with E-state index in [-0.39, 0.29) is 17.8 Å². The van der Waals surface area contributed by atoms with E-state index in [4.69, 9.17) is 21.1 Å². The number of benzene rings is 1. The third-order valence-corrected chi connectivity index (χ3v) is 6.17. The van der Waals surface area contributed by atoms with E-state index in [2.05, 4.69) is 5.10 Å². The van der Waals surface area contributed by atoms with Crippen LogP contribution in [0, 0.1) is 11.8 Å². The minimum absolute atomic E-state index is 0.135. The first-order chi connectivity index (χ1) is 14.7. The minimum atomic E-state index is -0.609. The molecule has 0 N–H and O–H groups in total. The first-order valence-electron chi connectivity index (χ1n) is 10.6. The molecule has 8 heteroatoms. The standard InChI is InChI=1S/C23H28ClN3O4/c1-23(2,3)31-21(28)20-8-9-27(25-20)22(29)26-12-16-10-18(11-17(16)13-26)30-14-15-6-4-5-7-19(15)24/h4-9,16-18H,10-14H2,1-3H3/t16-,17+,18?. The van der Waals surface area contributed by atoms with Crippen molar-refractivity contribution in [2.24, 2.45) is 11.8 Å². The van der Waals surface area contributed by atoms with Gasteiger partial charge in [0.1, 0.15) is 5.60 Å². The van der Waals surface area contributed by atoms with Crippen molar-refractivity contribution in [1.29, 1.82) is 0 Å². The van der Waals surface area contributed by atoms with E-state index in [9.17, 15) is 9.59 Å². The van der Waals surface area contributed by atoms with Crippen LogP contribution in [0.4, 0.5) is 4.79 Å². The van der Waals surface area contributed by atoms with Gasteiger partial charge in [0.15, 0.2) is 5.69 Å². The number of esters is 1. The zero-order valence-electron chi connectivity index (χ0n) is 18.1. The smallest absolute Gasteiger partial charge is 0.359 e. The summed E-state index contributed by atoms with van der Waals surface area (Å²) in [5.41, 5.74) is 0.523. The highest BCUT2D eigenvalue weighted by atomic mass is 35.5. The van der Waals surface area contributed by atoms with Crippen LogP contribution in [-0.4, -0.2) is 51.5 Å². The average Bonchev–Trinajstić information content (AvgIpc) is 3.40. The fraction of sp³-hybridized carbons (Fsp3) is 0.522. The Morgan fingerprint density at radius 2 is 1.81 bits per heavy atom. The second kappa shape index (κ2) is 8.63. The molecule has 166 valence electrons. The summed E-state index contributed by atoms with van der Waals surface area (Å²) >= 11 is 6.21. The summed E-state index contributed by atoms with van der Waals surface area (Å²) in [6.45, 7) is 7.24. The van der Waals surface area contributed by atoms with Crippen molar-refractivity contribution in [3.63, 3.8) is 0 Å². The van der Waals surface area contributed by atoms with Gasteiger partial charge in [-0.2, -0.15) is 9.78 Å². The summed E-state index contributed by atoms with van der Waals surface area (Å²) in [6.07, 6.45) is 3.57. The highest BCUT2D eigenvalue weighted by Crippen LogP contribution is 2.40. The Hall–Kier alpha value is -2.38. The molecule has 1 saturated heterocycles. The molecule has 1 aromatic carbocycles. The number of ether oxygens (including phenoxy) is 2. The minimum Gasteiger partial charge on any atom is -0.455 e. The van der Waals surface area contributed by atoms with Crippen LogP contribution >= 0.6 is 11.6 Å². The number of amides is 1. The molecule has 2 aromatic rings. The molecule has 1 aliphatic carbocycles. The van der Waals surface area contributed by atoms with Crippen LogP contribution in [0.5, 0.6) is 0 Å². The third-order valence-electron chi connectivity index (χ3n) is 5.80. The van der Waals surface area contributed by atoms with E-state index in [0.29, 0.717) is 31.5 Å². The van der Waals surface area contributed by atoms with Crippen LogP contribution < -0.4 is 0 Å². The lowest BCUT2D eigenvalue weighted by Gasteiger charge is -2.20. The highest BCUT2D eigenvalue weighted by Gasteiger charge is 2.43. The number of likely N-dealkylation sites (tertiary alicyclic amines) is 1. The normalized spacial score (nSPS) is 23.1. The lowest BCUT2D eigenvalue weighted by atomic mass is 10.0. The van der Waals surface area contributed by atoms with Gasteiger partial charge in [0, 0.05) is 24.3 Å². The predicted molar refractivity (Wildman–Crippen MR) is 116 cm³/mol. The number of halogens is 1. The molecule has 1 aliphatic heterocycles. The van der Waals surface area contributed by atoms with Crippen LogP contribution in [0.1, 0.15) is 49.7 Å². The highest BCUT2D eigenvalue weighted by molar-refractivity contribution is 6.31. The Kier molecular flexibility index (Phi) is 6.08. The number of carbonyl (C=O) groups excluding carboxylic acids is 2. The van der Waals surface area contributed by atoms with Gasteiger partial charge in [-0.15, -0.1) is 0 Å². The Labute approximate surface area is 187 Å². The topological polar surface area (TPSA) is 73.7 Å². The number of fused-ring (bicyclic) bond motifs is 1. The molecule has 1 aromatic heterocycles. The molecular weight excluding hydrogens is 418 g/mol. The maximum Gasteiger partial charge on any atom is 0.359 e. The van der Waals surface area contributed by atoms with Gasteiger partial charge in [-0.3, -0.25) is 0 Å². The summed E-state index contributed by atoms with van der Waals surface area (Å²) in [5, 5.41) is 4.86. The van der Waals surface area contributed by atoms with Crippen molar-refractivity contribution < 1.29 is 19.1 Å². The van der Waals surface area contributed by atoms with E-state index in [1.807, 2.05) is 29.2 Å². The molecule has 1 unspecified atom stereocenters. The van der Waals surface area contributed by atoms with Gasteiger partial charge < -0.3 is 14.4 Å². The molecule has 0 radical (unpaired) electrons. The van der Waals surface area contributed by atoms with Gasteiger partial charge in [0.2, 0.25) is 0 Å². The van der Waals surface area contributed by atoms with Crippen molar-refractivity contribution in [2.45, 2.75) is 51.9 Å². The SMILES string of the molecule is CC(C)(C)OC(=O)c1ccn(C(=O)N2C[C@H]3CC(OCc4ccccc4Cl)C[C@H]3C2)n1. The number of carbonyl (C=O) groups is 2. The molecule has 2 fully saturated rings. The second-order valence-electron chi connectivity index (χ2n) is 9.35. The zero-order valence-corrected chi connectivity index (χ0v) is 18.8. The summed E-state index contributed by atoms with van der Waals surface area (Å²) < 4.78 is 12.6. The molecule has 1 amide bonds. The molecule has 31 heavy (non-hydrogen) atoms. The van der Waals surface area contributed by atoms with Crippen molar-refractivity contribution in [3.05, 3.63) is 52.8 Å². The molecular formula is C23H28ClN3O4. The summed E-state index contributed by atoms with van der Waals surface area (Å²) in [6, 6.07) is 9.03. The van der Waals surface area contributed by atoms with Gasteiger partial charge >= 0.3 is 12.0 Å². The predicted octanol–water partition coefficient (Wildman–Crippen LogP) is 4.39. The molecule has 0 spiro atoms. The van der Waals surface area contributed by atoms with Crippen molar-refractivity contribution in [2.75, 3.05) is 13.1 Å². The Morgan fingerprint density at radius 1 is 1.13 bits per heavy atom. The van der Waals surface area contributed by atoms with E-state index >= 15 is 0 Å². The number of aromatic nitrogens is 2. The van der Waals surface area contributed by atoms with Crippen LogP contribution in [0.15, 0.2) is 36.5 Å². The number of nitrogens with zero attached hydrogens (tertiary/aromatic N) is 3. The average molecular weight is 446 g/mol. The van der Waals surface area contributed by atoms with Crippen LogP contribution in [-0.2, 0) is 16.1 Å². The monoisotopic (exact) mass is 445 g/mol. The molecule has 2 heterocycles. The molecule has 7 nitrogen and oxygen atoms in total. The lowest BCUT2D eigenvalue weighted by molar-refractivity contribution is 0.00622. The number of hydrogen-bond acceptors (Lipinski definition) is 5. The van der Waals surface area contributed by atoms with Crippen LogP contribution in [0.2, 0.25) is 5.02 Å². The molecule has 1 saturated carbocycles. The van der Waals surface area contributed by atoms with Gasteiger partial charge in [-0.05, 0) is 63.1 Å². The third kappa shape index (κ3) is 5.10. The van der Waals surface area contributed by atoms with Crippen molar-refractivity contribution in [1.82, 2.24) is 14.7 Å². The van der Waals surface area contributed by atoms with E-state index < -0.39 is 11.6 Å². The number of hydrogen-bond donors (Lipinski definition) is 0. The first-order valence-corrected chi connectivity index (χ1v) is 11.0. The Morgan fingerprint density at radius 3 is 2.45 bits per heavy atom. The second-order valence-corrected chi connectivity index (χ2v) is 9.76. The van der Waals surface area contributed by atoms with E-state index in [1.165, 1.54) is 16.9 Å². The molecule has 0 bridgehead atoms. The van der Waals surface area contributed by atoms with Crippen LogP contribution in [0.25, 0.3) is 0 Å². The Bertz CT molecular complexity index is 954. The summed E-state index contributed by atoms with van der Waals surface area (Å²) in [4.78, 5) is 26.8.